The van der Waals surface area contributed by atoms with Gasteiger partial charge in [-0.1, -0.05) is 30.3 Å². The molecule has 0 aliphatic carbocycles. The van der Waals surface area contributed by atoms with Gasteiger partial charge < -0.3 is 15.0 Å². The van der Waals surface area contributed by atoms with Crippen LogP contribution in [0.2, 0.25) is 0 Å². The summed E-state index contributed by atoms with van der Waals surface area (Å²) >= 11 is 0. The largest absolute Gasteiger partial charge is 0.468 e. The first kappa shape index (κ1) is 15.0. The molecule has 0 aromatic heterocycles. The summed E-state index contributed by atoms with van der Waals surface area (Å²) in [4.78, 5) is 24.4. The van der Waals surface area contributed by atoms with Gasteiger partial charge in [-0.15, -0.1) is 0 Å². The highest BCUT2D eigenvalue weighted by Gasteiger charge is 2.24. The maximum atomic E-state index is 12.0. The van der Waals surface area contributed by atoms with Gasteiger partial charge >= 0.3 is 12.0 Å². The third kappa shape index (κ3) is 4.28. The number of hydrogen-bond donors (Lipinski definition) is 1. The van der Waals surface area contributed by atoms with Crippen molar-refractivity contribution in [3.8, 4) is 0 Å². The highest BCUT2D eigenvalue weighted by Crippen LogP contribution is 2.19. The predicted octanol–water partition coefficient (Wildman–Crippen LogP) is 1.74. The SMILES string of the molecule is COC(=O)CN(C)C(=O)NC(C)(C)c1ccccc1. The van der Waals surface area contributed by atoms with E-state index in [2.05, 4.69) is 10.1 Å². The number of hydrogen-bond acceptors (Lipinski definition) is 3. The molecule has 2 amide bonds. The first-order valence-corrected chi connectivity index (χ1v) is 6.02. The van der Waals surface area contributed by atoms with Crippen molar-refractivity contribution < 1.29 is 14.3 Å². The van der Waals surface area contributed by atoms with Gasteiger partial charge in [0.05, 0.1) is 12.6 Å². The lowest BCUT2D eigenvalue weighted by Gasteiger charge is -2.29. The van der Waals surface area contributed by atoms with Crippen LogP contribution in [0.1, 0.15) is 19.4 Å². The van der Waals surface area contributed by atoms with E-state index in [1.165, 1.54) is 12.0 Å². The van der Waals surface area contributed by atoms with Crippen molar-refractivity contribution in [2.24, 2.45) is 0 Å². The van der Waals surface area contributed by atoms with Gasteiger partial charge in [-0.25, -0.2) is 4.79 Å². The summed E-state index contributed by atoms with van der Waals surface area (Å²) in [6.45, 7) is 3.74. The number of ether oxygens (including phenoxy) is 1. The number of rotatable bonds is 4. The van der Waals surface area contributed by atoms with Crippen molar-refractivity contribution >= 4 is 12.0 Å². The first-order valence-electron chi connectivity index (χ1n) is 6.02. The molecule has 104 valence electrons. The van der Waals surface area contributed by atoms with Crippen LogP contribution in [-0.4, -0.2) is 37.6 Å². The van der Waals surface area contributed by atoms with Crippen molar-refractivity contribution in [2.45, 2.75) is 19.4 Å². The van der Waals surface area contributed by atoms with Crippen LogP contribution < -0.4 is 5.32 Å². The molecule has 0 fully saturated rings. The first-order chi connectivity index (χ1) is 8.86. The third-order valence-corrected chi connectivity index (χ3v) is 2.86. The van der Waals surface area contributed by atoms with Gasteiger partial charge in [-0.2, -0.15) is 0 Å². The topological polar surface area (TPSA) is 58.6 Å². The molecule has 0 radical (unpaired) electrons. The Kier molecular flexibility index (Phi) is 4.92. The summed E-state index contributed by atoms with van der Waals surface area (Å²) in [5, 5.41) is 2.88. The zero-order valence-corrected chi connectivity index (χ0v) is 11.8. The minimum absolute atomic E-state index is 0.0762. The Morgan fingerprint density at radius 1 is 1.26 bits per heavy atom. The number of urea groups is 1. The van der Waals surface area contributed by atoms with E-state index in [-0.39, 0.29) is 12.6 Å². The number of benzene rings is 1. The average molecular weight is 264 g/mol. The zero-order valence-electron chi connectivity index (χ0n) is 11.8. The summed E-state index contributed by atoms with van der Waals surface area (Å²) in [5.74, 6) is -0.449. The molecule has 0 heterocycles. The Morgan fingerprint density at radius 3 is 2.37 bits per heavy atom. The van der Waals surface area contributed by atoms with Gasteiger partial charge in [-0.05, 0) is 19.4 Å². The second kappa shape index (κ2) is 6.22. The molecule has 5 nitrogen and oxygen atoms in total. The summed E-state index contributed by atoms with van der Waals surface area (Å²) < 4.78 is 4.53. The number of carbonyl (C=O) groups excluding carboxylic acids is 2. The maximum absolute atomic E-state index is 12.0. The van der Waals surface area contributed by atoms with E-state index >= 15 is 0 Å². The monoisotopic (exact) mass is 264 g/mol. The Labute approximate surface area is 113 Å². The van der Waals surface area contributed by atoms with Gasteiger partial charge in [0.25, 0.3) is 0 Å². The predicted molar refractivity (Wildman–Crippen MR) is 72.6 cm³/mol. The van der Waals surface area contributed by atoms with Crippen molar-refractivity contribution in [1.82, 2.24) is 10.2 Å². The number of methoxy groups -OCH3 is 1. The lowest BCUT2D eigenvalue weighted by molar-refractivity contribution is -0.141. The number of nitrogens with zero attached hydrogens (tertiary/aromatic N) is 1. The van der Waals surface area contributed by atoms with Gasteiger partial charge in [0.2, 0.25) is 0 Å². The van der Waals surface area contributed by atoms with E-state index < -0.39 is 11.5 Å². The van der Waals surface area contributed by atoms with Crippen molar-refractivity contribution in [1.29, 1.82) is 0 Å². The van der Waals surface area contributed by atoms with Gasteiger partial charge in [0.1, 0.15) is 6.54 Å². The molecule has 0 saturated carbocycles. The van der Waals surface area contributed by atoms with E-state index in [1.54, 1.807) is 7.05 Å². The Balaban J connectivity index is 2.68. The number of carbonyl (C=O) groups is 2. The summed E-state index contributed by atoms with van der Waals surface area (Å²) in [7, 11) is 2.84. The van der Waals surface area contributed by atoms with E-state index in [1.807, 2.05) is 44.2 Å². The fourth-order valence-electron chi connectivity index (χ4n) is 1.62. The van der Waals surface area contributed by atoms with Crippen LogP contribution in [0.15, 0.2) is 30.3 Å². The second-order valence-electron chi connectivity index (χ2n) is 4.85. The Bertz CT molecular complexity index is 443. The Hall–Kier alpha value is -2.04. The van der Waals surface area contributed by atoms with Gasteiger partial charge in [-0.3, -0.25) is 4.79 Å². The number of likely N-dealkylation sites (N-methyl/N-ethyl adjacent to an activating group) is 1. The summed E-state index contributed by atoms with van der Waals surface area (Å²) in [6.07, 6.45) is 0. The molecule has 19 heavy (non-hydrogen) atoms. The van der Waals surface area contributed by atoms with E-state index in [4.69, 9.17) is 0 Å². The maximum Gasteiger partial charge on any atom is 0.325 e. The minimum atomic E-state index is -0.511. The minimum Gasteiger partial charge on any atom is -0.468 e. The van der Waals surface area contributed by atoms with Crippen molar-refractivity contribution in [3.63, 3.8) is 0 Å². The molecular weight excluding hydrogens is 244 g/mol. The van der Waals surface area contributed by atoms with Crippen LogP contribution in [0.4, 0.5) is 4.79 Å². The molecule has 0 atom stereocenters. The fraction of sp³-hybridized carbons (Fsp3) is 0.429. The van der Waals surface area contributed by atoms with Crippen LogP contribution in [0, 0.1) is 0 Å². The number of nitrogens with one attached hydrogen (secondary N) is 1. The van der Waals surface area contributed by atoms with Crippen LogP contribution in [-0.2, 0) is 15.1 Å². The lowest BCUT2D eigenvalue weighted by Crippen LogP contribution is -2.48. The van der Waals surface area contributed by atoms with Gasteiger partial charge in [0.15, 0.2) is 0 Å². The molecule has 1 rings (SSSR count). The van der Waals surface area contributed by atoms with Crippen molar-refractivity contribution in [2.75, 3.05) is 20.7 Å². The molecule has 0 saturated heterocycles. The molecule has 5 heteroatoms. The zero-order chi connectivity index (χ0) is 14.5. The van der Waals surface area contributed by atoms with Crippen LogP contribution in [0.5, 0.6) is 0 Å². The third-order valence-electron chi connectivity index (χ3n) is 2.86. The van der Waals surface area contributed by atoms with Gasteiger partial charge in [0, 0.05) is 7.05 Å². The molecule has 1 aromatic rings. The summed E-state index contributed by atoms with van der Waals surface area (Å²) in [5.41, 5.74) is 0.484. The quantitative estimate of drug-likeness (QED) is 0.843. The van der Waals surface area contributed by atoms with E-state index in [0.717, 1.165) is 5.56 Å². The lowest BCUT2D eigenvalue weighted by atomic mass is 9.94. The molecular formula is C14H20N2O3. The fourth-order valence-corrected chi connectivity index (χ4v) is 1.62. The molecule has 0 spiro atoms. The van der Waals surface area contributed by atoms with E-state index in [0.29, 0.717) is 0 Å². The highest BCUT2D eigenvalue weighted by atomic mass is 16.5. The number of amides is 2. The smallest absolute Gasteiger partial charge is 0.325 e. The summed E-state index contributed by atoms with van der Waals surface area (Å²) in [6, 6.07) is 9.33. The Morgan fingerprint density at radius 2 is 1.84 bits per heavy atom. The average Bonchev–Trinajstić information content (AvgIpc) is 2.39. The molecule has 0 bridgehead atoms. The van der Waals surface area contributed by atoms with Crippen LogP contribution >= 0.6 is 0 Å². The highest BCUT2D eigenvalue weighted by molar-refractivity contribution is 5.81. The number of esters is 1. The van der Waals surface area contributed by atoms with Crippen LogP contribution in [0.25, 0.3) is 0 Å². The van der Waals surface area contributed by atoms with E-state index in [9.17, 15) is 9.59 Å². The molecule has 0 unspecified atom stereocenters. The standard InChI is InChI=1S/C14H20N2O3/c1-14(2,11-8-6-5-7-9-11)15-13(18)16(3)10-12(17)19-4/h5-9H,10H2,1-4H3,(H,15,18). The molecule has 0 aliphatic rings. The molecule has 0 aliphatic heterocycles. The normalized spacial score (nSPS) is 10.7. The van der Waals surface area contributed by atoms with Crippen molar-refractivity contribution in [3.05, 3.63) is 35.9 Å². The second-order valence-corrected chi connectivity index (χ2v) is 4.85. The van der Waals surface area contributed by atoms with Crippen LogP contribution in [0.3, 0.4) is 0 Å². The molecule has 1 aromatic carbocycles. The molecule has 1 N–H and O–H groups in total.